The van der Waals surface area contributed by atoms with Crippen LogP contribution < -0.4 is 0 Å². The molecule has 11 heteroatoms. The first-order valence-electron chi connectivity index (χ1n) is 4.00. The summed E-state index contributed by atoms with van der Waals surface area (Å²) in [4.78, 5) is 0. The third-order valence-electron chi connectivity index (χ3n) is 1.45. The quantitative estimate of drug-likeness (QED) is 0.745. The third kappa shape index (κ3) is 6.07. The highest BCUT2D eigenvalue weighted by atomic mass is 32.3. The molecule has 0 saturated heterocycles. The maximum Gasteiger partial charge on any atom is 0.415 e. The Morgan fingerprint density at radius 2 is 1.06 bits per heavy atom. The van der Waals surface area contributed by atoms with E-state index >= 15 is 0 Å². The molecular weight excluding hydrogens is 282 g/mol. The van der Waals surface area contributed by atoms with Gasteiger partial charge in [-0.25, -0.2) is 8.37 Å². The molecule has 0 bridgehead atoms. The van der Waals surface area contributed by atoms with Crippen LogP contribution in [-0.2, 0) is 18.8 Å². The van der Waals surface area contributed by atoms with Crippen LogP contribution in [0, 0.1) is 0 Å². The Kier molecular flexibility index (Phi) is 4.82. The van der Waals surface area contributed by atoms with Crippen molar-refractivity contribution < 1.29 is 43.1 Å². The molecular formula is C6H8F6O4S. The van der Waals surface area contributed by atoms with Gasteiger partial charge in [-0.1, -0.05) is 0 Å². The SMILES string of the molecule is CC(OS(=O)(=O)OC(C)C(F)(F)F)C(F)(F)F. The maximum absolute atomic E-state index is 11.9. The predicted octanol–water partition coefficient (Wildman–Crippen LogP) is 2.17. The molecule has 0 aromatic carbocycles. The fraction of sp³-hybridized carbons (Fsp3) is 1.00. The number of rotatable bonds is 4. The Morgan fingerprint density at radius 3 is 1.24 bits per heavy atom. The van der Waals surface area contributed by atoms with Gasteiger partial charge >= 0.3 is 22.8 Å². The van der Waals surface area contributed by atoms with E-state index in [1.54, 1.807) is 0 Å². The zero-order chi connectivity index (χ0) is 14.1. The van der Waals surface area contributed by atoms with E-state index in [-0.39, 0.29) is 0 Å². The van der Waals surface area contributed by atoms with Gasteiger partial charge in [0.05, 0.1) is 0 Å². The lowest BCUT2D eigenvalue weighted by Crippen LogP contribution is -2.36. The molecule has 0 radical (unpaired) electrons. The minimum Gasteiger partial charge on any atom is -0.236 e. The molecule has 17 heavy (non-hydrogen) atoms. The van der Waals surface area contributed by atoms with Crippen molar-refractivity contribution in [3.8, 4) is 0 Å². The van der Waals surface area contributed by atoms with Crippen molar-refractivity contribution in [2.75, 3.05) is 0 Å². The molecule has 0 fully saturated rings. The van der Waals surface area contributed by atoms with Crippen LogP contribution in [-0.4, -0.2) is 33.0 Å². The number of alkyl halides is 6. The number of hydrogen-bond acceptors (Lipinski definition) is 4. The van der Waals surface area contributed by atoms with Gasteiger partial charge in [-0.2, -0.15) is 34.8 Å². The summed E-state index contributed by atoms with van der Waals surface area (Å²) in [6, 6.07) is 0. The van der Waals surface area contributed by atoms with E-state index in [1.165, 1.54) is 0 Å². The van der Waals surface area contributed by atoms with Crippen molar-refractivity contribution in [2.24, 2.45) is 0 Å². The average Bonchev–Trinajstić information content (AvgIpc) is 1.97. The lowest BCUT2D eigenvalue weighted by atomic mass is 10.4. The van der Waals surface area contributed by atoms with Gasteiger partial charge in [0.15, 0.2) is 12.2 Å². The molecule has 4 nitrogen and oxygen atoms in total. The van der Waals surface area contributed by atoms with E-state index in [9.17, 15) is 34.8 Å². The van der Waals surface area contributed by atoms with Crippen molar-refractivity contribution in [3.05, 3.63) is 0 Å². The van der Waals surface area contributed by atoms with Crippen molar-refractivity contribution in [3.63, 3.8) is 0 Å². The second-order valence-corrected chi connectivity index (χ2v) is 4.17. The van der Waals surface area contributed by atoms with Crippen molar-refractivity contribution >= 4 is 10.4 Å². The summed E-state index contributed by atoms with van der Waals surface area (Å²) in [7, 11) is -5.39. The van der Waals surface area contributed by atoms with Gasteiger partial charge in [-0.3, -0.25) is 0 Å². The van der Waals surface area contributed by atoms with Gasteiger partial charge in [0, 0.05) is 0 Å². The normalized spacial score (nSPS) is 17.9. The highest BCUT2D eigenvalue weighted by Gasteiger charge is 2.44. The van der Waals surface area contributed by atoms with Crippen LogP contribution in [0.15, 0.2) is 0 Å². The molecule has 0 aliphatic heterocycles. The molecule has 0 rings (SSSR count). The summed E-state index contributed by atoms with van der Waals surface area (Å²) in [5.41, 5.74) is 0. The second kappa shape index (κ2) is 4.98. The summed E-state index contributed by atoms with van der Waals surface area (Å²) in [6.45, 7) is 0.637. The second-order valence-electron chi connectivity index (χ2n) is 2.97. The molecule has 0 N–H and O–H groups in total. The summed E-state index contributed by atoms with van der Waals surface area (Å²) in [5.74, 6) is 0. The topological polar surface area (TPSA) is 52.6 Å². The summed E-state index contributed by atoms with van der Waals surface area (Å²) >= 11 is 0. The first-order chi connectivity index (χ1) is 7.26. The standard InChI is InChI=1S/C6H8F6O4S/c1-3(5(7,8)9)15-17(13,14)16-4(2)6(10,11)12/h3-4H,1-2H3. The van der Waals surface area contributed by atoms with Crippen LogP contribution in [0.5, 0.6) is 0 Å². The fourth-order valence-electron chi connectivity index (χ4n) is 0.485. The zero-order valence-electron chi connectivity index (χ0n) is 8.46. The Labute approximate surface area is 92.8 Å². The first-order valence-corrected chi connectivity index (χ1v) is 5.34. The van der Waals surface area contributed by atoms with E-state index in [2.05, 4.69) is 8.37 Å². The molecule has 0 aliphatic carbocycles. The fourth-order valence-corrected chi connectivity index (χ4v) is 1.46. The molecule has 0 aliphatic rings. The summed E-state index contributed by atoms with van der Waals surface area (Å²) in [5, 5.41) is 0. The average molecular weight is 290 g/mol. The van der Waals surface area contributed by atoms with Crippen molar-refractivity contribution in [1.29, 1.82) is 0 Å². The lowest BCUT2D eigenvalue weighted by molar-refractivity contribution is -0.202. The van der Waals surface area contributed by atoms with Gasteiger partial charge in [0.1, 0.15) is 0 Å². The van der Waals surface area contributed by atoms with Gasteiger partial charge in [0.2, 0.25) is 0 Å². The Morgan fingerprint density at radius 1 is 0.824 bits per heavy atom. The Bertz CT molecular complexity index is 316. The van der Waals surface area contributed by atoms with Crippen LogP contribution >= 0.6 is 0 Å². The molecule has 104 valence electrons. The van der Waals surface area contributed by atoms with Gasteiger partial charge in [-0.15, -0.1) is 0 Å². The molecule has 0 saturated carbocycles. The molecule has 0 heterocycles. The highest BCUT2D eigenvalue weighted by molar-refractivity contribution is 7.81. The largest absolute Gasteiger partial charge is 0.415 e. The lowest BCUT2D eigenvalue weighted by Gasteiger charge is -2.19. The molecule has 0 aromatic heterocycles. The van der Waals surface area contributed by atoms with Crippen LogP contribution in [0.1, 0.15) is 13.8 Å². The summed E-state index contributed by atoms with van der Waals surface area (Å²) in [6.07, 6.45) is -15.7. The zero-order valence-corrected chi connectivity index (χ0v) is 9.28. The van der Waals surface area contributed by atoms with E-state index < -0.39 is 35.0 Å². The third-order valence-corrected chi connectivity index (χ3v) is 2.50. The monoisotopic (exact) mass is 290 g/mol. The Balaban J connectivity index is 4.63. The Hall–Kier alpha value is -0.550. The van der Waals surface area contributed by atoms with E-state index in [4.69, 9.17) is 0 Å². The highest BCUT2D eigenvalue weighted by Crippen LogP contribution is 2.27. The smallest absolute Gasteiger partial charge is 0.236 e. The van der Waals surface area contributed by atoms with Crippen LogP contribution in [0.2, 0.25) is 0 Å². The van der Waals surface area contributed by atoms with Gasteiger partial charge in [-0.05, 0) is 13.8 Å². The summed E-state index contributed by atoms with van der Waals surface area (Å²) < 4.78 is 99.5. The van der Waals surface area contributed by atoms with Crippen LogP contribution in [0.4, 0.5) is 26.3 Å². The number of hydrogen-bond donors (Lipinski definition) is 0. The van der Waals surface area contributed by atoms with E-state index in [0.717, 1.165) is 0 Å². The van der Waals surface area contributed by atoms with Gasteiger partial charge in [0.25, 0.3) is 0 Å². The molecule has 0 spiro atoms. The maximum atomic E-state index is 11.9. The number of halogens is 6. The minimum absolute atomic E-state index is 0.319. The van der Waals surface area contributed by atoms with Gasteiger partial charge < -0.3 is 0 Å². The predicted molar refractivity (Wildman–Crippen MR) is 42.1 cm³/mol. The van der Waals surface area contributed by atoms with E-state index in [0.29, 0.717) is 13.8 Å². The van der Waals surface area contributed by atoms with Crippen LogP contribution in [0.25, 0.3) is 0 Å². The minimum atomic E-state index is -5.39. The molecule has 2 unspecified atom stereocenters. The molecule has 0 amide bonds. The molecule has 0 aromatic rings. The van der Waals surface area contributed by atoms with Crippen molar-refractivity contribution in [2.45, 2.75) is 38.4 Å². The van der Waals surface area contributed by atoms with E-state index in [1.807, 2.05) is 0 Å². The first kappa shape index (κ1) is 16.4. The van der Waals surface area contributed by atoms with Crippen LogP contribution in [0.3, 0.4) is 0 Å². The molecule has 2 atom stereocenters. The van der Waals surface area contributed by atoms with Crippen molar-refractivity contribution in [1.82, 2.24) is 0 Å².